The Morgan fingerprint density at radius 3 is 1.73 bits per heavy atom. The van der Waals surface area contributed by atoms with E-state index >= 15 is 0 Å². The number of benzene rings is 2. The fourth-order valence-corrected chi connectivity index (χ4v) is 7.69. The number of carbonyl (C=O) groups is 2. The zero-order valence-corrected chi connectivity index (χ0v) is 21.8. The number of alkyl halides is 7. The minimum absolute atomic E-state index is 0.103. The number of carbonyl (C=O) groups excluding carboxylic acids is 1. The van der Waals surface area contributed by atoms with Crippen molar-refractivity contribution in [3.05, 3.63) is 65.5 Å². The van der Waals surface area contributed by atoms with Gasteiger partial charge in [-0.25, -0.2) is 17.2 Å². The van der Waals surface area contributed by atoms with Gasteiger partial charge in [0.05, 0.1) is 10.8 Å². The van der Waals surface area contributed by atoms with E-state index in [0.717, 1.165) is 24.3 Å². The Kier molecular flexibility index (Phi) is 7.68. The van der Waals surface area contributed by atoms with E-state index in [1.54, 1.807) is 0 Å². The van der Waals surface area contributed by atoms with Crippen LogP contribution in [0.5, 0.6) is 0 Å². The maximum Gasteiger partial charge on any atom is 0.435 e. The largest absolute Gasteiger partial charge is 0.481 e. The molecule has 6 nitrogen and oxygen atoms in total. The van der Waals surface area contributed by atoms with Crippen LogP contribution >= 0.6 is 0 Å². The number of piperidine rings is 1. The highest BCUT2D eigenvalue weighted by Crippen LogP contribution is 2.56. The van der Waals surface area contributed by atoms with Crippen molar-refractivity contribution in [2.45, 2.75) is 53.3 Å². The number of carboxylic acid groups (broad SMARTS) is 1. The molecule has 0 radical (unpaired) electrons. The number of amides is 1. The Labute approximate surface area is 228 Å². The Morgan fingerprint density at radius 1 is 0.805 bits per heavy atom. The average molecular weight is 614 g/mol. The van der Waals surface area contributed by atoms with E-state index in [1.165, 1.54) is 4.90 Å². The molecule has 2 aromatic rings. The van der Waals surface area contributed by atoms with Gasteiger partial charge in [0.15, 0.2) is 9.84 Å². The maximum atomic E-state index is 14.6. The normalized spacial score (nSPS) is 22.7. The molecule has 1 saturated heterocycles. The Morgan fingerprint density at radius 2 is 1.29 bits per heavy atom. The van der Waals surface area contributed by atoms with Crippen molar-refractivity contribution >= 4 is 21.7 Å². The van der Waals surface area contributed by atoms with Gasteiger partial charge in [-0.05, 0) is 55.5 Å². The molecule has 1 heterocycles. The molecule has 41 heavy (non-hydrogen) atoms. The summed E-state index contributed by atoms with van der Waals surface area (Å²) in [5.74, 6) is -3.83. The molecule has 0 unspecified atom stereocenters. The monoisotopic (exact) mass is 613 g/mol. The predicted molar refractivity (Wildman–Crippen MR) is 126 cm³/mol. The SMILES string of the molecule is O=C(O)C1CCN(C(=O)C2CC(c3ccc(C(F)(C(F)(F)F)C(F)(F)F)cc3)(S(=O)(=O)c3ccc(F)cc3)C2)CC1. The summed E-state index contributed by atoms with van der Waals surface area (Å²) in [4.78, 5) is 25.3. The summed E-state index contributed by atoms with van der Waals surface area (Å²) in [6.45, 7) is 0.207. The van der Waals surface area contributed by atoms with Gasteiger partial charge in [-0.3, -0.25) is 9.59 Å². The molecule has 0 spiro atoms. The fourth-order valence-electron chi connectivity index (χ4n) is 5.46. The highest BCUT2D eigenvalue weighted by Gasteiger charge is 2.73. The molecule has 0 aromatic heterocycles. The molecule has 1 N–H and O–H groups in total. The summed E-state index contributed by atoms with van der Waals surface area (Å²) >= 11 is 0. The third-order valence-electron chi connectivity index (χ3n) is 7.89. The van der Waals surface area contributed by atoms with Crippen LogP contribution in [-0.2, 0) is 29.8 Å². The first-order valence-corrected chi connectivity index (χ1v) is 13.8. The van der Waals surface area contributed by atoms with E-state index < -0.39 is 85.4 Å². The quantitative estimate of drug-likeness (QED) is 0.343. The fraction of sp³-hybridized carbons (Fsp3) is 0.462. The van der Waals surface area contributed by atoms with Gasteiger partial charge in [0.2, 0.25) is 5.91 Å². The van der Waals surface area contributed by atoms with Gasteiger partial charge in [0, 0.05) is 24.6 Å². The molecular formula is C26H23F8NO5S. The lowest BCUT2D eigenvalue weighted by Crippen LogP contribution is -2.54. The number of rotatable bonds is 6. The van der Waals surface area contributed by atoms with Crippen molar-refractivity contribution in [1.82, 2.24) is 4.90 Å². The van der Waals surface area contributed by atoms with Crippen LogP contribution in [-0.4, -0.2) is 55.7 Å². The number of carboxylic acids is 1. The smallest absolute Gasteiger partial charge is 0.435 e. The standard InChI is InChI=1S/C26H23F8NO5S/c27-19-5-7-20(8-6-19)41(39,40)23(13-16(14-23)21(36)35-11-9-15(10-12-35)22(37)38)17-1-3-18(4-2-17)24(28,25(29,30)31)26(32,33)34/h1-8,15-16H,9-14H2,(H,37,38). The number of halogens is 8. The molecule has 224 valence electrons. The van der Waals surface area contributed by atoms with Crippen LogP contribution in [0.3, 0.4) is 0 Å². The second-order valence-electron chi connectivity index (χ2n) is 10.2. The minimum atomic E-state index is -6.37. The van der Waals surface area contributed by atoms with Crippen molar-refractivity contribution in [2.24, 2.45) is 11.8 Å². The number of hydrogen-bond donors (Lipinski definition) is 1. The summed E-state index contributed by atoms with van der Waals surface area (Å²) in [5.41, 5.74) is -7.79. The number of likely N-dealkylation sites (tertiary alicyclic amines) is 1. The molecule has 15 heteroatoms. The number of aliphatic carboxylic acids is 1. The zero-order chi connectivity index (χ0) is 30.6. The lowest BCUT2D eigenvalue weighted by Gasteiger charge is -2.48. The molecule has 2 aromatic carbocycles. The lowest BCUT2D eigenvalue weighted by molar-refractivity contribution is -0.348. The summed E-state index contributed by atoms with van der Waals surface area (Å²) in [7, 11) is -4.51. The number of hydrogen-bond acceptors (Lipinski definition) is 4. The van der Waals surface area contributed by atoms with Gasteiger partial charge in [0.1, 0.15) is 10.6 Å². The van der Waals surface area contributed by atoms with Gasteiger partial charge in [0.25, 0.3) is 0 Å². The predicted octanol–water partition coefficient (Wildman–Crippen LogP) is 5.52. The summed E-state index contributed by atoms with van der Waals surface area (Å²) < 4.78 is 133. The van der Waals surface area contributed by atoms with E-state index in [9.17, 15) is 53.1 Å². The molecule has 1 saturated carbocycles. The number of sulfone groups is 1. The molecule has 2 fully saturated rings. The first-order valence-electron chi connectivity index (χ1n) is 12.3. The van der Waals surface area contributed by atoms with Gasteiger partial charge in [-0.1, -0.05) is 24.3 Å². The molecule has 2 aliphatic rings. The van der Waals surface area contributed by atoms with Crippen LogP contribution in [0.1, 0.15) is 36.8 Å². The van der Waals surface area contributed by atoms with Crippen molar-refractivity contribution in [1.29, 1.82) is 0 Å². The first-order chi connectivity index (χ1) is 18.8. The van der Waals surface area contributed by atoms with Crippen molar-refractivity contribution in [3.63, 3.8) is 0 Å². The first kappa shape index (κ1) is 30.7. The van der Waals surface area contributed by atoms with Gasteiger partial charge < -0.3 is 10.0 Å². The maximum absolute atomic E-state index is 14.6. The van der Waals surface area contributed by atoms with E-state index in [0.29, 0.717) is 12.1 Å². The van der Waals surface area contributed by atoms with Gasteiger partial charge in [-0.2, -0.15) is 26.3 Å². The highest BCUT2D eigenvalue weighted by atomic mass is 32.2. The number of nitrogens with zero attached hydrogens (tertiary/aromatic N) is 1. The second kappa shape index (κ2) is 10.2. The molecule has 4 rings (SSSR count). The molecule has 1 aliphatic carbocycles. The molecule has 1 aliphatic heterocycles. The Balaban J connectivity index is 1.70. The Hall–Kier alpha value is -3.23. The summed E-state index contributed by atoms with van der Waals surface area (Å²) in [6.07, 6.45) is -13.2. The van der Waals surface area contributed by atoms with Crippen molar-refractivity contribution < 1.29 is 58.2 Å². The van der Waals surface area contributed by atoms with Crippen molar-refractivity contribution in [2.75, 3.05) is 13.1 Å². The zero-order valence-electron chi connectivity index (χ0n) is 21.0. The minimum Gasteiger partial charge on any atom is -0.481 e. The second-order valence-corrected chi connectivity index (χ2v) is 12.5. The molecule has 0 bridgehead atoms. The van der Waals surface area contributed by atoms with Crippen molar-refractivity contribution in [3.8, 4) is 0 Å². The van der Waals surface area contributed by atoms with Crippen LogP contribution in [0.4, 0.5) is 35.1 Å². The van der Waals surface area contributed by atoms with Crippen LogP contribution < -0.4 is 0 Å². The topological polar surface area (TPSA) is 91.8 Å². The van der Waals surface area contributed by atoms with Gasteiger partial charge in [-0.15, -0.1) is 0 Å². The van der Waals surface area contributed by atoms with Crippen LogP contribution in [0, 0.1) is 17.7 Å². The molecular weight excluding hydrogens is 590 g/mol. The molecule has 0 atom stereocenters. The average Bonchev–Trinajstić information content (AvgIpc) is 2.86. The van der Waals surface area contributed by atoms with Gasteiger partial charge >= 0.3 is 24.0 Å². The van der Waals surface area contributed by atoms with Crippen LogP contribution in [0.25, 0.3) is 0 Å². The van der Waals surface area contributed by atoms with E-state index in [1.807, 2.05) is 0 Å². The highest BCUT2D eigenvalue weighted by molar-refractivity contribution is 7.92. The summed E-state index contributed by atoms with van der Waals surface area (Å²) in [5, 5.41) is 9.16. The Bertz CT molecular complexity index is 1390. The van der Waals surface area contributed by atoms with E-state index in [4.69, 9.17) is 5.11 Å². The lowest BCUT2D eigenvalue weighted by atomic mass is 9.69. The van der Waals surface area contributed by atoms with E-state index in [2.05, 4.69) is 0 Å². The third kappa shape index (κ3) is 5.06. The van der Waals surface area contributed by atoms with Crippen LogP contribution in [0.2, 0.25) is 0 Å². The van der Waals surface area contributed by atoms with E-state index in [-0.39, 0.29) is 43.6 Å². The van der Waals surface area contributed by atoms with Crippen LogP contribution in [0.15, 0.2) is 53.4 Å². The molecule has 1 amide bonds. The third-order valence-corrected chi connectivity index (χ3v) is 10.4. The summed E-state index contributed by atoms with van der Waals surface area (Å²) in [6, 6.07) is 5.30.